The predicted octanol–water partition coefficient (Wildman–Crippen LogP) is 1.62. The van der Waals surface area contributed by atoms with Crippen LogP contribution < -0.4 is 10.6 Å². The second kappa shape index (κ2) is 4.28. The lowest BCUT2D eigenvalue weighted by Crippen LogP contribution is -2.24. The van der Waals surface area contributed by atoms with Crippen molar-refractivity contribution in [2.24, 2.45) is 0 Å². The van der Waals surface area contributed by atoms with E-state index in [4.69, 9.17) is 5.26 Å². The third kappa shape index (κ3) is 2.02. The number of carbonyl (C=O) groups is 1. The summed E-state index contributed by atoms with van der Waals surface area (Å²) in [7, 11) is 1.52. The number of hydrogen-bond acceptors (Lipinski definition) is 2. The molecule has 2 amide bonds. The molecule has 0 aliphatic carbocycles. The Kier molecular flexibility index (Phi) is 3.08. The zero-order valence-corrected chi connectivity index (χ0v) is 8.09. The topological polar surface area (TPSA) is 64.9 Å². The summed E-state index contributed by atoms with van der Waals surface area (Å²) in [6.45, 7) is 1.83. The summed E-state index contributed by atoms with van der Waals surface area (Å²) in [4.78, 5) is 11.0. The first-order chi connectivity index (χ1) is 6.69. The average Bonchev–Trinajstić information content (AvgIpc) is 2.18. The largest absolute Gasteiger partial charge is 0.341 e. The molecule has 2 N–H and O–H groups in total. The van der Waals surface area contributed by atoms with Crippen LogP contribution in [0.2, 0.25) is 0 Å². The highest BCUT2D eigenvalue weighted by Gasteiger charge is 2.06. The molecule has 0 aliphatic heterocycles. The van der Waals surface area contributed by atoms with Crippen molar-refractivity contribution in [1.82, 2.24) is 5.32 Å². The lowest BCUT2D eigenvalue weighted by Gasteiger charge is -2.07. The number of amides is 2. The van der Waals surface area contributed by atoms with Crippen molar-refractivity contribution in [2.75, 3.05) is 12.4 Å². The zero-order chi connectivity index (χ0) is 10.6. The number of nitriles is 1. The molecule has 1 aromatic rings. The molecule has 4 heteroatoms. The Labute approximate surface area is 82.5 Å². The molecule has 4 nitrogen and oxygen atoms in total. The fourth-order valence-corrected chi connectivity index (χ4v) is 1.11. The Bertz CT molecular complexity index is 393. The van der Waals surface area contributed by atoms with E-state index in [1.807, 2.05) is 13.0 Å². The average molecular weight is 189 g/mol. The number of hydrogen-bond donors (Lipinski definition) is 2. The van der Waals surface area contributed by atoms with Crippen molar-refractivity contribution in [1.29, 1.82) is 5.26 Å². The number of anilines is 1. The van der Waals surface area contributed by atoms with Crippen molar-refractivity contribution in [3.63, 3.8) is 0 Å². The third-order valence-electron chi connectivity index (χ3n) is 1.86. The van der Waals surface area contributed by atoms with E-state index in [9.17, 15) is 4.79 Å². The Balaban J connectivity index is 3.04. The van der Waals surface area contributed by atoms with Crippen molar-refractivity contribution in [3.8, 4) is 6.07 Å². The quantitative estimate of drug-likeness (QED) is 0.705. The molecule has 0 heterocycles. The molecule has 0 saturated carbocycles. The number of urea groups is 1. The Hall–Kier alpha value is -2.02. The van der Waals surface area contributed by atoms with E-state index >= 15 is 0 Å². The van der Waals surface area contributed by atoms with Crippen LogP contribution in [0.15, 0.2) is 18.2 Å². The van der Waals surface area contributed by atoms with Gasteiger partial charge in [0, 0.05) is 7.05 Å². The molecular weight excluding hydrogens is 178 g/mol. The van der Waals surface area contributed by atoms with Crippen molar-refractivity contribution in [3.05, 3.63) is 29.3 Å². The van der Waals surface area contributed by atoms with E-state index in [-0.39, 0.29) is 6.03 Å². The molecule has 14 heavy (non-hydrogen) atoms. The van der Waals surface area contributed by atoms with Crippen LogP contribution in [0, 0.1) is 18.3 Å². The molecule has 0 unspecified atom stereocenters. The van der Waals surface area contributed by atoms with E-state index in [1.54, 1.807) is 12.1 Å². The molecule has 0 spiro atoms. The fourth-order valence-electron chi connectivity index (χ4n) is 1.11. The molecule has 0 aromatic heterocycles. The van der Waals surface area contributed by atoms with Gasteiger partial charge in [0.1, 0.15) is 6.07 Å². The van der Waals surface area contributed by atoms with Crippen LogP contribution in [0.25, 0.3) is 0 Å². The molecule has 1 aromatic carbocycles. The van der Waals surface area contributed by atoms with Crippen LogP contribution in [0.5, 0.6) is 0 Å². The maximum Gasteiger partial charge on any atom is 0.319 e. The molecule has 0 saturated heterocycles. The lowest BCUT2D eigenvalue weighted by atomic mass is 10.1. The van der Waals surface area contributed by atoms with Gasteiger partial charge in [-0.3, -0.25) is 0 Å². The molecule has 0 fully saturated rings. The Morgan fingerprint density at radius 3 is 2.79 bits per heavy atom. The first-order valence-corrected chi connectivity index (χ1v) is 4.17. The van der Waals surface area contributed by atoms with Crippen LogP contribution in [0.1, 0.15) is 11.1 Å². The van der Waals surface area contributed by atoms with Gasteiger partial charge in [0.25, 0.3) is 0 Å². The maximum absolute atomic E-state index is 11.0. The molecule has 0 radical (unpaired) electrons. The predicted molar refractivity (Wildman–Crippen MR) is 54.0 cm³/mol. The summed E-state index contributed by atoms with van der Waals surface area (Å²) in [5, 5.41) is 13.9. The van der Waals surface area contributed by atoms with E-state index in [1.165, 1.54) is 7.05 Å². The summed E-state index contributed by atoms with van der Waals surface area (Å²) in [5.41, 5.74) is 1.88. The van der Waals surface area contributed by atoms with Crippen molar-refractivity contribution < 1.29 is 4.79 Å². The van der Waals surface area contributed by atoms with Gasteiger partial charge in [0.05, 0.1) is 11.3 Å². The number of rotatable bonds is 1. The first-order valence-electron chi connectivity index (χ1n) is 4.17. The second-order valence-corrected chi connectivity index (χ2v) is 2.81. The smallest absolute Gasteiger partial charge is 0.319 e. The number of carbonyl (C=O) groups excluding carboxylic acids is 1. The fraction of sp³-hybridized carbons (Fsp3) is 0.200. The Morgan fingerprint density at radius 1 is 1.50 bits per heavy atom. The first kappa shape index (κ1) is 10.1. The minimum Gasteiger partial charge on any atom is -0.341 e. The number of nitrogens with one attached hydrogen (secondary N) is 2. The second-order valence-electron chi connectivity index (χ2n) is 2.81. The summed E-state index contributed by atoms with van der Waals surface area (Å²) in [6, 6.07) is 7.04. The van der Waals surface area contributed by atoms with Crippen LogP contribution >= 0.6 is 0 Å². The van der Waals surface area contributed by atoms with Crippen molar-refractivity contribution >= 4 is 11.7 Å². The van der Waals surface area contributed by atoms with Crippen LogP contribution in [-0.4, -0.2) is 13.1 Å². The van der Waals surface area contributed by atoms with Crippen LogP contribution in [0.3, 0.4) is 0 Å². The molecular formula is C10H11N3O. The lowest BCUT2D eigenvalue weighted by molar-refractivity contribution is 0.254. The molecule has 0 atom stereocenters. The minimum absolute atomic E-state index is 0.327. The third-order valence-corrected chi connectivity index (χ3v) is 1.86. The van der Waals surface area contributed by atoms with Gasteiger partial charge in [0.15, 0.2) is 0 Å². The molecule has 72 valence electrons. The van der Waals surface area contributed by atoms with Gasteiger partial charge in [-0.25, -0.2) is 4.79 Å². The van der Waals surface area contributed by atoms with Gasteiger partial charge in [-0.1, -0.05) is 12.1 Å². The number of benzene rings is 1. The van der Waals surface area contributed by atoms with Crippen LogP contribution in [0.4, 0.5) is 10.5 Å². The molecule has 0 aliphatic rings. The molecule has 0 bridgehead atoms. The van der Waals surface area contributed by atoms with Gasteiger partial charge in [-0.2, -0.15) is 5.26 Å². The SMILES string of the molecule is CNC(=O)Nc1cccc(C)c1C#N. The van der Waals surface area contributed by atoms with E-state index < -0.39 is 0 Å². The zero-order valence-electron chi connectivity index (χ0n) is 8.09. The summed E-state index contributed by atoms with van der Waals surface area (Å²) >= 11 is 0. The highest BCUT2D eigenvalue weighted by molar-refractivity contribution is 5.90. The summed E-state index contributed by atoms with van der Waals surface area (Å²) in [5.74, 6) is 0. The van der Waals surface area contributed by atoms with Crippen molar-refractivity contribution in [2.45, 2.75) is 6.92 Å². The Morgan fingerprint density at radius 2 is 2.21 bits per heavy atom. The summed E-state index contributed by atoms with van der Waals surface area (Å²) < 4.78 is 0. The van der Waals surface area contributed by atoms with Gasteiger partial charge >= 0.3 is 6.03 Å². The van der Waals surface area contributed by atoms with E-state index in [2.05, 4.69) is 16.7 Å². The van der Waals surface area contributed by atoms with Crippen LogP contribution in [-0.2, 0) is 0 Å². The number of nitrogens with zero attached hydrogens (tertiary/aromatic N) is 1. The van der Waals surface area contributed by atoms with Gasteiger partial charge < -0.3 is 10.6 Å². The maximum atomic E-state index is 11.0. The van der Waals surface area contributed by atoms with E-state index in [0.717, 1.165) is 5.56 Å². The van der Waals surface area contributed by atoms with Gasteiger partial charge in [-0.05, 0) is 18.6 Å². The van der Waals surface area contributed by atoms with Gasteiger partial charge in [-0.15, -0.1) is 0 Å². The normalized spacial score (nSPS) is 8.93. The minimum atomic E-state index is -0.327. The highest BCUT2D eigenvalue weighted by atomic mass is 16.2. The number of aryl methyl sites for hydroxylation is 1. The standard InChI is InChI=1S/C10H11N3O/c1-7-4-3-5-9(8(7)6-11)13-10(14)12-2/h3-5H,1-2H3,(H2,12,13,14). The highest BCUT2D eigenvalue weighted by Crippen LogP contribution is 2.17. The van der Waals surface area contributed by atoms with Gasteiger partial charge in [0.2, 0.25) is 0 Å². The monoisotopic (exact) mass is 189 g/mol. The van der Waals surface area contributed by atoms with E-state index in [0.29, 0.717) is 11.3 Å². The molecule has 1 rings (SSSR count). The summed E-state index contributed by atoms with van der Waals surface area (Å²) in [6.07, 6.45) is 0.